The Labute approximate surface area is 171 Å². The van der Waals surface area contributed by atoms with Gasteiger partial charge < -0.3 is 9.47 Å². The summed E-state index contributed by atoms with van der Waals surface area (Å²) in [7, 11) is 0. The first-order valence-corrected chi connectivity index (χ1v) is 11.2. The fourth-order valence-corrected chi connectivity index (χ4v) is 6.05. The van der Waals surface area contributed by atoms with E-state index in [9.17, 15) is 4.79 Å². The van der Waals surface area contributed by atoms with Crippen LogP contribution in [0.2, 0.25) is 0 Å². The molecule has 0 unspecified atom stereocenters. The van der Waals surface area contributed by atoms with Crippen molar-refractivity contribution >= 4 is 17.7 Å². The van der Waals surface area contributed by atoms with Crippen LogP contribution >= 0.6 is 11.8 Å². The largest absolute Gasteiger partial charge is 0.459 e. The van der Waals surface area contributed by atoms with Crippen LogP contribution in [0.5, 0.6) is 0 Å². The van der Waals surface area contributed by atoms with Crippen molar-refractivity contribution in [1.82, 2.24) is 0 Å². The van der Waals surface area contributed by atoms with Gasteiger partial charge in [0.2, 0.25) is 0 Å². The molecule has 2 aromatic rings. The lowest BCUT2D eigenvalue weighted by Crippen LogP contribution is -2.53. The second-order valence-electron chi connectivity index (χ2n) is 7.88. The average Bonchev–Trinajstić information content (AvgIpc) is 2.72. The molecule has 2 fully saturated rings. The van der Waals surface area contributed by atoms with Gasteiger partial charge in [-0.05, 0) is 30.5 Å². The summed E-state index contributed by atoms with van der Waals surface area (Å²) in [5.74, 6) is -0.238. The van der Waals surface area contributed by atoms with Gasteiger partial charge in [-0.15, -0.1) is 11.8 Å². The molecule has 0 amide bonds. The Balaban J connectivity index is 1.66. The minimum atomic E-state index is -0.256. The number of esters is 1. The molecule has 2 aromatic carbocycles. The SMILES string of the molecule is CC(=O)O[C@@H]1C[C@@H](Sc2ccccc2)C2(CCCCC2)O[C@@H]1c1ccccc1. The monoisotopic (exact) mass is 396 g/mol. The second kappa shape index (κ2) is 8.71. The Hall–Kier alpha value is -1.78. The van der Waals surface area contributed by atoms with Crippen LogP contribution in [0.3, 0.4) is 0 Å². The molecule has 1 aliphatic heterocycles. The van der Waals surface area contributed by atoms with Gasteiger partial charge >= 0.3 is 5.97 Å². The average molecular weight is 397 g/mol. The molecule has 1 heterocycles. The molecule has 0 aromatic heterocycles. The van der Waals surface area contributed by atoms with Gasteiger partial charge in [0.05, 0.1) is 5.60 Å². The minimum Gasteiger partial charge on any atom is -0.459 e. The van der Waals surface area contributed by atoms with E-state index in [0.29, 0.717) is 0 Å². The van der Waals surface area contributed by atoms with Crippen LogP contribution in [0, 0.1) is 0 Å². The van der Waals surface area contributed by atoms with Gasteiger partial charge in [-0.25, -0.2) is 0 Å². The van der Waals surface area contributed by atoms with Crippen molar-refractivity contribution in [3.63, 3.8) is 0 Å². The molecule has 1 spiro atoms. The highest BCUT2D eigenvalue weighted by molar-refractivity contribution is 8.00. The summed E-state index contributed by atoms with van der Waals surface area (Å²) in [5.41, 5.74) is 0.942. The number of hydrogen-bond donors (Lipinski definition) is 0. The van der Waals surface area contributed by atoms with E-state index in [0.717, 1.165) is 24.8 Å². The Morgan fingerprint density at radius 3 is 2.29 bits per heavy atom. The highest BCUT2D eigenvalue weighted by Crippen LogP contribution is 2.51. The molecule has 4 heteroatoms. The molecule has 3 nitrogen and oxygen atoms in total. The maximum atomic E-state index is 11.8. The van der Waals surface area contributed by atoms with Gasteiger partial charge in [0.15, 0.2) is 0 Å². The molecule has 0 N–H and O–H groups in total. The third-order valence-corrected chi connectivity index (χ3v) is 7.35. The number of thioether (sulfide) groups is 1. The number of rotatable bonds is 4. The molecule has 0 bridgehead atoms. The molecule has 1 aliphatic carbocycles. The highest BCUT2D eigenvalue weighted by Gasteiger charge is 2.51. The lowest BCUT2D eigenvalue weighted by Gasteiger charge is -2.51. The van der Waals surface area contributed by atoms with Gasteiger partial charge in [0.1, 0.15) is 12.2 Å². The zero-order valence-electron chi connectivity index (χ0n) is 16.4. The van der Waals surface area contributed by atoms with Crippen molar-refractivity contribution in [3.05, 3.63) is 66.2 Å². The number of benzene rings is 2. The van der Waals surface area contributed by atoms with Crippen LogP contribution in [0.4, 0.5) is 0 Å². The molecule has 1 saturated heterocycles. The third-order valence-electron chi connectivity index (χ3n) is 5.90. The van der Waals surface area contributed by atoms with E-state index in [2.05, 4.69) is 36.4 Å². The predicted molar refractivity (Wildman–Crippen MR) is 112 cm³/mol. The normalized spacial score (nSPS) is 26.7. The topological polar surface area (TPSA) is 35.5 Å². The van der Waals surface area contributed by atoms with E-state index < -0.39 is 0 Å². The zero-order chi connectivity index (χ0) is 19.4. The van der Waals surface area contributed by atoms with Crippen molar-refractivity contribution in [2.75, 3.05) is 0 Å². The molecular weight excluding hydrogens is 368 g/mol. The quantitative estimate of drug-likeness (QED) is 0.599. The zero-order valence-corrected chi connectivity index (χ0v) is 17.2. The second-order valence-corrected chi connectivity index (χ2v) is 9.15. The number of ether oxygens (including phenoxy) is 2. The summed E-state index contributed by atoms with van der Waals surface area (Å²) in [6.07, 6.45) is 6.19. The maximum Gasteiger partial charge on any atom is 0.303 e. The number of carbonyl (C=O) groups excluding carboxylic acids is 1. The van der Waals surface area contributed by atoms with Crippen molar-refractivity contribution in [3.8, 4) is 0 Å². The van der Waals surface area contributed by atoms with E-state index >= 15 is 0 Å². The molecular formula is C24H28O3S. The highest BCUT2D eigenvalue weighted by atomic mass is 32.2. The lowest BCUT2D eigenvalue weighted by molar-refractivity contribution is -0.202. The molecule has 4 rings (SSSR count). The smallest absolute Gasteiger partial charge is 0.303 e. The fraction of sp³-hybridized carbons (Fsp3) is 0.458. The summed E-state index contributed by atoms with van der Waals surface area (Å²) in [5, 5.41) is 0.277. The Bertz CT molecular complexity index is 771. The minimum absolute atomic E-state index is 0.157. The standard InChI is InChI=1S/C24H28O3S/c1-18(25)26-21-17-22(28-20-13-7-3-8-14-20)24(15-9-4-10-16-24)27-23(21)19-11-5-2-6-12-19/h2-3,5-8,11-14,21-23H,4,9-10,15-17H2,1H3/t21-,22-,23-/m1/s1. The van der Waals surface area contributed by atoms with Crippen LogP contribution in [0.1, 0.15) is 57.1 Å². The van der Waals surface area contributed by atoms with Crippen LogP contribution in [-0.4, -0.2) is 22.9 Å². The Kier molecular flexibility index (Phi) is 6.07. The van der Waals surface area contributed by atoms with E-state index in [1.807, 2.05) is 36.0 Å². The Morgan fingerprint density at radius 1 is 1.00 bits per heavy atom. The molecule has 0 radical (unpaired) electrons. The van der Waals surface area contributed by atoms with Gasteiger partial charge in [-0.1, -0.05) is 67.8 Å². The van der Waals surface area contributed by atoms with Gasteiger partial charge in [-0.2, -0.15) is 0 Å². The van der Waals surface area contributed by atoms with Gasteiger partial charge in [0.25, 0.3) is 0 Å². The summed E-state index contributed by atoms with van der Waals surface area (Å²) in [4.78, 5) is 13.1. The summed E-state index contributed by atoms with van der Waals surface area (Å²) < 4.78 is 12.7. The predicted octanol–water partition coefficient (Wildman–Crippen LogP) is 5.94. The fourth-order valence-electron chi connectivity index (χ4n) is 4.61. The van der Waals surface area contributed by atoms with Gasteiger partial charge in [0, 0.05) is 23.5 Å². The summed E-state index contributed by atoms with van der Waals surface area (Å²) in [6, 6.07) is 20.8. The number of hydrogen-bond acceptors (Lipinski definition) is 4. The van der Waals surface area contributed by atoms with Gasteiger partial charge in [-0.3, -0.25) is 4.79 Å². The van der Waals surface area contributed by atoms with Crippen molar-refractivity contribution in [2.24, 2.45) is 0 Å². The molecule has 3 atom stereocenters. The summed E-state index contributed by atoms with van der Waals surface area (Å²) >= 11 is 1.88. The van der Waals surface area contributed by atoms with Crippen LogP contribution < -0.4 is 0 Å². The van der Waals surface area contributed by atoms with Crippen molar-refractivity contribution < 1.29 is 14.3 Å². The maximum absolute atomic E-state index is 11.8. The Morgan fingerprint density at radius 2 is 1.64 bits per heavy atom. The van der Waals surface area contributed by atoms with Crippen LogP contribution in [-0.2, 0) is 14.3 Å². The molecule has 148 valence electrons. The first-order chi connectivity index (χ1) is 13.7. The first kappa shape index (κ1) is 19.5. The number of carbonyl (C=O) groups is 1. The van der Waals surface area contributed by atoms with Crippen LogP contribution in [0.15, 0.2) is 65.6 Å². The molecule has 28 heavy (non-hydrogen) atoms. The summed E-state index contributed by atoms with van der Waals surface area (Å²) in [6.45, 7) is 1.49. The van der Waals surface area contributed by atoms with E-state index in [1.54, 1.807) is 0 Å². The van der Waals surface area contributed by atoms with Crippen LogP contribution in [0.25, 0.3) is 0 Å². The first-order valence-electron chi connectivity index (χ1n) is 10.3. The van der Waals surface area contributed by atoms with E-state index in [4.69, 9.17) is 9.47 Å². The lowest BCUT2D eigenvalue weighted by atomic mass is 9.77. The van der Waals surface area contributed by atoms with E-state index in [1.165, 1.54) is 31.1 Å². The van der Waals surface area contributed by atoms with E-state index in [-0.39, 0.29) is 29.0 Å². The van der Waals surface area contributed by atoms with Crippen molar-refractivity contribution in [1.29, 1.82) is 0 Å². The third kappa shape index (κ3) is 4.28. The molecule has 1 saturated carbocycles. The molecule has 2 aliphatic rings. The van der Waals surface area contributed by atoms with Crippen molar-refractivity contribution in [2.45, 2.75) is 73.4 Å².